The van der Waals surface area contributed by atoms with Crippen LogP contribution in [0.25, 0.3) is 0 Å². The first-order valence-electron chi connectivity index (χ1n) is 7.86. The number of nitrogens with one attached hydrogen (secondary N) is 2. The lowest BCUT2D eigenvalue weighted by Gasteiger charge is -2.21. The van der Waals surface area contributed by atoms with E-state index in [-0.39, 0.29) is 23.9 Å². The van der Waals surface area contributed by atoms with Gasteiger partial charge in [0.15, 0.2) is 0 Å². The average molecular weight is 290 g/mol. The summed E-state index contributed by atoms with van der Waals surface area (Å²) in [5.41, 5.74) is 1.31. The van der Waals surface area contributed by atoms with E-state index in [9.17, 15) is 4.79 Å². The lowest BCUT2D eigenvalue weighted by Crippen LogP contribution is -2.46. The molecule has 116 valence electrons. The molecule has 0 radical (unpaired) electrons. The monoisotopic (exact) mass is 290 g/mol. The van der Waals surface area contributed by atoms with E-state index in [1.807, 2.05) is 6.07 Å². The number of aryl methyl sites for hydroxylation is 1. The Labute approximate surface area is 127 Å². The molecule has 1 saturated heterocycles. The van der Waals surface area contributed by atoms with Crippen molar-refractivity contribution in [1.82, 2.24) is 10.6 Å². The van der Waals surface area contributed by atoms with E-state index >= 15 is 0 Å². The Morgan fingerprint density at radius 2 is 2.10 bits per heavy atom. The summed E-state index contributed by atoms with van der Waals surface area (Å²) >= 11 is 0. The molecule has 3 unspecified atom stereocenters. The van der Waals surface area contributed by atoms with Crippen molar-refractivity contribution < 1.29 is 9.53 Å². The maximum Gasteiger partial charge on any atom is 0.227 e. The Morgan fingerprint density at radius 1 is 1.33 bits per heavy atom. The molecule has 0 aromatic heterocycles. The molecule has 1 aliphatic rings. The van der Waals surface area contributed by atoms with Crippen molar-refractivity contribution in [3.05, 3.63) is 35.9 Å². The van der Waals surface area contributed by atoms with Crippen molar-refractivity contribution in [2.75, 3.05) is 19.8 Å². The van der Waals surface area contributed by atoms with E-state index < -0.39 is 0 Å². The molecule has 4 nitrogen and oxygen atoms in total. The third-order valence-electron chi connectivity index (χ3n) is 3.98. The highest BCUT2D eigenvalue weighted by atomic mass is 16.5. The number of hydrogen-bond acceptors (Lipinski definition) is 3. The van der Waals surface area contributed by atoms with Gasteiger partial charge in [0.25, 0.3) is 0 Å². The van der Waals surface area contributed by atoms with Gasteiger partial charge in [-0.3, -0.25) is 4.79 Å². The molecule has 1 aromatic carbocycles. The van der Waals surface area contributed by atoms with E-state index in [1.54, 1.807) is 0 Å². The van der Waals surface area contributed by atoms with Gasteiger partial charge in [-0.1, -0.05) is 37.3 Å². The molecule has 1 amide bonds. The molecule has 1 fully saturated rings. The first kappa shape index (κ1) is 16.0. The van der Waals surface area contributed by atoms with Gasteiger partial charge in [-0.15, -0.1) is 0 Å². The molecule has 1 heterocycles. The van der Waals surface area contributed by atoms with Gasteiger partial charge in [0, 0.05) is 12.1 Å². The number of carbonyl (C=O) groups excluding carboxylic acids is 1. The topological polar surface area (TPSA) is 50.4 Å². The zero-order valence-corrected chi connectivity index (χ0v) is 13.0. The minimum absolute atomic E-state index is 0.0656. The van der Waals surface area contributed by atoms with Gasteiger partial charge in [0.05, 0.1) is 19.1 Å². The van der Waals surface area contributed by atoms with Crippen LogP contribution in [0.4, 0.5) is 0 Å². The Balaban J connectivity index is 1.76. The number of benzene rings is 1. The number of ether oxygens (including phenoxy) is 1. The molecular weight excluding hydrogens is 264 g/mol. The van der Waals surface area contributed by atoms with E-state index in [0.29, 0.717) is 13.2 Å². The zero-order chi connectivity index (χ0) is 15.1. The van der Waals surface area contributed by atoms with Crippen LogP contribution in [-0.2, 0) is 16.0 Å². The second-order valence-corrected chi connectivity index (χ2v) is 5.74. The van der Waals surface area contributed by atoms with Crippen LogP contribution >= 0.6 is 0 Å². The van der Waals surface area contributed by atoms with Gasteiger partial charge in [0.2, 0.25) is 5.91 Å². The fourth-order valence-electron chi connectivity index (χ4n) is 2.73. The first-order valence-corrected chi connectivity index (χ1v) is 7.86. The predicted octanol–water partition coefficient (Wildman–Crippen LogP) is 1.75. The van der Waals surface area contributed by atoms with Gasteiger partial charge >= 0.3 is 0 Å². The van der Waals surface area contributed by atoms with Crippen LogP contribution in [0.1, 0.15) is 25.8 Å². The van der Waals surface area contributed by atoms with Crippen LogP contribution in [0.2, 0.25) is 0 Å². The van der Waals surface area contributed by atoms with Crippen LogP contribution in [0.15, 0.2) is 30.3 Å². The molecule has 0 spiro atoms. The summed E-state index contributed by atoms with van der Waals surface area (Å²) in [5.74, 6) is 0.0446. The highest BCUT2D eigenvalue weighted by Crippen LogP contribution is 2.14. The Kier molecular flexibility index (Phi) is 6.21. The molecule has 1 aromatic rings. The summed E-state index contributed by atoms with van der Waals surface area (Å²) in [7, 11) is 0. The summed E-state index contributed by atoms with van der Waals surface area (Å²) in [6.07, 6.45) is 1.94. The second-order valence-electron chi connectivity index (χ2n) is 5.74. The Bertz CT molecular complexity index is 436. The van der Waals surface area contributed by atoms with Crippen molar-refractivity contribution in [3.63, 3.8) is 0 Å². The highest BCUT2D eigenvalue weighted by molar-refractivity contribution is 5.80. The van der Waals surface area contributed by atoms with Crippen molar-refractivity contribution in [2.24, 2.45) is 5.92 Å². The van der Waals surface area contributed by atoms with E-state index in [0.717, 1.165) is 19.4 Å². The van der Waals surface area contributed by atoms with Gasteiger partial charge in [-0.05, 0) is 31.9 Å². The minimum Gasteiger partial charge on any atom is -0.379 e. The number of likely N-dealkylation sites (N-methyl/N-ethyl adjacent to an activating group) is 1. The zero-order valence-electron chi connectivity index (χ0n) is 13.0. The van der Waals surface area contributed by atoms with Crippen LogP contribution in [0.5, 0.6) is 0 Å². The van der Waals surface area contributed by atoms with Gasteiger partial charge in [-0.25, -0.2) is 0 Å². The van der Waals surface area contributed by atoms with Crippen molar-refractivity contribution in [1.29, 1.82) is 0 Å². The van der Waals surface area contributed by atoms with Crippen LogP contribution in [0, 0.1) is 5.92 Å². The predicted molar refractivity (Wildman–Crippen MR) is 84.1 cm³/mol. The lowest BCUT2D eigenvalue weighted by molar-refractivity contribution is -0.126. The minimum atomic E-state index is -0.0656. The van der Waals surface area contributed by atoms with E-state index in [4.69, 9.17) is 4.74 Å². The fraction of sp³-hybridized carbons (Fsp3) is 0.588. The second kappa shape index (κ2) is 8.15. The molecule has 1 aliphatic heterocycles. The van der Waals surface area contributed by atoms with Gasteiger partial charge < -0.3 is 15.4 Å². The smallest absolute Gasteiger partial charge is 0.227 e. The maximum absolute atomic E-state index is 12.3. The third kappa shape index (κ3) is 4.83. The molecular formula is C17H26N2O2. The normalized spacial score (nSPS) is 23.0. The summed E-state index contributed by atoms with van der Waals surface area (Å²) in [6.45, 7) is 6.13. The van der Waals surface area contributed by atoms with Gasteiger partial charge in [0.1, 0.15) is 0 Å². The van der Waals surface area contributed by atoms with Crippen LogP contribution in [-0.4, -0.2) is 37.7 Å². The van der Waals surface area contributed by atoms with E-state index in [1.165, 1.54) is 5.56 Å². The van der Waals surface area contributed by atoms with Crippen molar-refractivity contribution in [3.8, 4) is 0 Å². The SMILES string of the molecule is CCNC1COCC1C(=O)NC(C)CCc1ccccc1. The lowest BCUT2D eigenvalue weighted by atomic mass is 10.0. The molecule has 3 atom stereocenters. The van der Waals surface area contributed by atoms with Crippen molar-refractivity contribution >= 4 is 5.91 Å². The molecule has 0 saturated carbocycles. The fourth-order valence-corrected chi connectivity index (χ4v) is 2.73. The average Bonchev–Trinajstić information content (AvgIpc) is 2.95. The summed E-state index contributed by atoms with van der Waals surface area (Å²) < 4.78 is 5.43. The number of rotatable bonds is 7. The summed E-state index contributed by atoms with van der Waals surface area (Å²) in [4.78, 5) is 12.3. The van der Waals surface area contributed by atoms with Crippen LogP contribution in [0.3, 0.4) is 0 Å². The first-order chi connectivity index (χ1) is 10.2. The maximum atomic E-state index is 12.3. The Hall–Kier alpha value is -1.39. The number of hydrogen-bond donors (Lipinski definition) is 2. The quantitative estimate of drug-likeness (QED) is 0.804. The number of carbonyl (C=O) groups is 1. The Morgan fingerprint density at radius 3 is 2.81 bits per heavy atom. The molecule has 2 N–H and O–H groups in total. The molecule has 4 heteroatoms. The van der Waals surface area contributed by atoms with E-state index in [2.05, 4.69) is 48.7 Å². The third-order valence-corrected chi connectivity index (χ3v) is 3.98. The molecule has 0 bridgehead atoms. The number of amides is 1. The van der Waals surface area contributed by atoms with Gasteiger partial charge in [-0.2, -0.15) is 0 Å². The van der Waals surface area contributed by atoms with Crippen LogP contribution < -0.4 is 10.6 Å². The molecule has 21 heavy (non-hydrogen) atoms. The standard InChI is InChI=1S/C17H26N2O2/c1-3-18-16-12-21-11-15(16)17(20)19-13(2)9-10-14-7-5-4-6-8-14/h4-8,13,15-16,18H,3,9-12H2,1-2H3,(H,19,20). The summed E-state index contributed by atoms with van der Waals surface area (Å²) in [5, 5.41) is 6.44. The van der Waals surface area contributed by atoms with Crippen molar-refractivity contribution in [2.45, 2.75) is 38.8 Å². The highest BCUT2D eigenvalue weighted by Gasteiger charge is 2.33. The molecule has 2 rings (SSSR count). The molecule has 0 aliphatic carbocycles. The summed E-state index contributed by atoms with van der Waals surface area (Å²) in [6, 6.07) is 10.7. The largest absolute Gasteiger partial charge is 0.379 e.